The molecule has 0 radical (unpaired) electrons. The first-order valence-corrected chi connectivity index (χ1v) is 16.3. The average molecular weight is 579 g/mol. The van der Waals surface area contributed by atoms with Crippen LogP contribution >= 0.6 is 11.6 Å². The van der Waals surface area contributed by atoms with Crippen molar-refractivity contribution in [3.8, 4) is 0 Å². The van der Waals surface area contributed by atoms with Crippen molar-refractivity contribution >= 4 is 45.7 Å². The number of rotatable bonds is 4. The third-order valence-electron chi connectivity index (χ3n) is 11.1. The summed E-state index contributed by atoms with van der Waals surface area (Å²) in [6, 6.07) is 46.1. The molecule has 43 heavy (non-hydrogen) atoms. The largest absolute Gasteiger partial charge is 0.309 e. The molecule has 1 aliphatic heterocycles. The van der Waals surface area contributed by atoms with Crippen molar-refractivity contribution in [3.63, 3.8) is 0 Å². The summed E-state index contributed by atoms with van der Waals surface area (Å²) in [6.07, 6.45) is 6.94. The highest BCUT2D eigenvalue weighted by atomic mass is 35.5. The van der Waals surface area contributed by atoms with Crippen molar-refractivity contribution in [2.24, 2.45) is 23.7 Å². The number of anilines is 6. The van der Waals surface area contributed by atoms with Crippen LogP contribution in [0, 0.1) is 23.7 Å². The maximum atomic E-state index is 7.58. The lowest BCUT2D eigenvalue weighted by Crippen LogP contribution is -2.57. The molecule has 4 bridgehead atoms. The molecule has 2 nitrogen and oxygen atoms in total. The molecule has 0 aromatic heterocycles. The fraction of sp³-hybridized carbons (Fsp3) is 0.250. The quantitative estimate of drug-likeness (QED) is 0.209. The summed E-state index contributed by atoms with van der Waals surface area (Å²) in [7, 11) is 0. The minimum Gasteiger partial charge on any atom is -0.309 e. The van der Waals surface area contributed by atoms with E-state index in [1.54, 1.807) is 0 Å². The summed E-state index contributed by atoms with van der Waals surface area (Å²) in [5.41, 5.74) is 9.84. The van der Waals surface area contributed by atoms with Gasteiger partial charge in [0.05, 0.1) is 27.8 Å². The van der Waals surface area contributed by atoms with Gasteiger partial charge in [-0.3, -0.25) is 0 Å². The van der Waals surface area contributed by atoms with Gasteiger partial charge in [0, 0.05) is 16.8 Å². The molecular weight excluding hydrogens is 544 g/mol. The van der Waals surface area contributed by atoms with Crippen molar-refractivity contribution in [1.29, 1.82) is 0 Å². The zero-order valence-electron chi connectivity index (χ0n) is 24.2. The zero-order valence-corrected chi connectivity index (χ0v) is 25.0. The van der Waals surface area contributed by atoms with E-state index in [0.29, 0.717) is 11.8 Å². The predicted octanol–water partition coefficient (Wildman–Crippen LogP) is 11.3. The van der Waals surface area contributed by atoms with Crippen molar-refractivity contribution in [2.75, 3.05) is 9.80 Å². The van der Waals surface area contributed by atoms with Crippen LogP contribution in [0.3, 0.4) is 0 Å². The van der Waals surface area contributed by atoms with Crippen LogP contribution in [0.1, 0.15) is 43.2 Å². The van der Waals surface area contributed by atoms with Crippen LogP contribution in [0.25, 0.3) is 0 Å². The van der Waals surface area contributed by atoms with Gasteiger partial charge in [0.1, 0.15) is 0 Å². The molecular formula is C40H35ClN2. The van der Waals surface area contributed by atoms with Gasteiger partial charge in [-0.25, -0.2) is 0 Å². The van der Waals surface area contributed by atoms with Crippen LogP contribution < -0.4 is 9.80 Å². The molecule has 3 heteroatoms. The molecule has 4 saturated carbocycles. The molecule has 4 aliphatic carbocycles. The highest BCUT2D eigenvalue weighted by molar-refractivity contribution is 6.36. The molecule has 4 fully saturated rings. The van der Waals surface area contributed by atoms with E-state index in [2.05, 4.69) is 137 Å². The van der Waals surface area contributed by atoms with Crippen molar-refractivity contribution in [2.45, 2.75) is 37.5 Å². The molecule has 1 heterocycles. The van der Waals surface area contributed by atoms with Gasteiger partial charge >= 0.3 is 0 Å². The van der Waals surface area contributed by atoms with Gasteiger partial charge in [0.2, 0.25) is 0 Å². The third kappa shape index (κ3) is 3.66. The molecule has 0 unspecified atom stereocenters. The molecule has 5 aliphatic rings. The van der Waals surface area contributed by atoms with Gasteiger partial charge < -0.3 is 9.80 Å². The van der Waals surface area contributed by atoms with Crippen LogP contribution in [0.4, 0.5) is 34.1 Å². The summed E-state index contributed by atoms with van der Waals surface area (Å²) < 4.78 is 0. The zero-order chi connectivity index (χ0) is 28.5. The highest BCUT2D eigenvalue weighted by Gasteiger charge is 2.61. The number of halogens is 1. The molecule has 5 aromatic carbocycles. The topological polar surface area (TPSA) is 6.48 Å². The Labute approximate surface area is 259 Å². The summed E-state index contributed by atoms with van der Waals surface area (Å²) in [5, 5.41) is 0.751. The second-order valence-corrected chi connectivity index (χ2v) is 13.5. The second-order valence-electron chi connectivity index (χ2n) is 13.2. The van der Waals surface area contributed by atoms with Gasteiger partial charge in [0.25, 0.3) is 0 Å². The Morgan fingerprint density at radius 2 is 0.977 bits per heavy atom. The van der Waals surface area contributed by atoms with E-state index in [4.69, 9.17) is 11.6 Å². The summed E-state index contributed by atoms with van der Waals surface area (Å²) in [6.45, 7) is 0. The minimum atomic E-state index is 0.0846. The fourth-order valence-corrected chi connectivity index (χ4v) is 10.1. The maximum absolute atomic E-state index is 7.58. The Morgan fingerprint density at radius 1 is 0.512 bits per heavy atom. The van der Waals surface area contributed by atoms with Gasteiger partial charge in [-0.15, -0.1) is 0 Å². The van der Waals surface area contributed by atoms with Crippen LogP contribution in [-0.2, 0) is 5.41 Å². The smallest absolute Gasteiger partial charge is 0.0887 e. The Hall–Kier alpha value is -4.01. The maximum Gasteiger partial charge on any atom is 0.0887 e. The van der Waals surface area contributed by atoms with E-state index >= 15 is 0 Å². The van der Waals surface area contributed by atoms with Crippen molar-refractivity contribution in [3.05, 3.63) is 144 Å². The van der Waals surface area contributed by atoms with Crippen LogP contribution in [-0.4, -0.2) is 0 Å². The van der Waals surface area contributed by atoms with Crippen LogP contribution in [0.15, 0.2) is 127 Å². The number of hydrogen-bond acceptors (Lipinski definition) is 2. The van der Waals surface area contributed by atoms with E-state index in [-0.39, 0.29) is 5.41 Å². The Kier molecular flexibility index (Phi) is 5.78. The molecule has 1 spiro atoms. The first-order valence-electron chi connectivity index (χ1n) is 15.9. The van der Waals surface area contributed by atoms with E-state index in [9.17, 15) is 0 Å². The SMILES string of the molecule is Clc1c(N(c2ccccc2)c2ccccc2)cccc1N1c2ccccc2C2(c3ccccc31)C1CC3CC(C1)CC2C3. The minimum absolute atomic E-state index is 0.0846. The summed E-state index contributed by atoms with van der Waals surface area (Å²) in [4.78, 5) is 4.73. The predicted molar refractivity (Wildman–Crippen MR) is 179 cm³/mol. The number of fused-ring (bicyclic) bond motifs is 2. The summed E-state index contributed by atoms with van der Waals surface area (Å²) in [5.74, 6) is 3.25. The lowest BCUT2D eigenvalue weighted by Gasteiger charge is -2.64. The fourth-order valence-electron chi connectivity index (χ4n) is 9.81. The molecule has 0 amide bonds. The molecule has 0 saturated heterocycles. The third-order valence-corrected chi connectivity index (χ3v) is 11.5. The Bertz CT molecular complexity index is 1700. The van der Waals surface area contributed by atoms with Gasteiger partial charge in [0.15, 0.2) is 0 Å². The molecule has 10 rings (SSSR count). The number of nitrogens with zero attached hydrogens (tertiary/aromatic N) is 2. The first kappa shape index (κ1) is 25.5. The molecule has 5 aromatic rings. The Morgan fingerprint density at radius 3 is 1.51 bits per heavy atom. The first-order chi connectivity index (χ1) is 21.2. The lowest BCUT2D eigenvalue weighted by atomic mass is 9.41. The second kappa shape index (κ2) is 9.76. The molecule has 0 N–H and O–H groups in total. The van der Waals surface area contributed by atoms with Crippen LogP contribution in [0.5, 0.6) is 0 Å². The van der Waals surface area contributed by atoms with E-state index in [1.165, 1.54) is 54.6 Å². The summed E-state index contributed by atoms with van der Waals surface area (Å²) >= 11 is 7.58. The molecule has 212 valence electrons. The average Bonchev–Trinajstić information content (AvgIpc) is 3.05. The molecule has 0 atom stereocenters. The van der Waals surface area contributed by atoms with E-state index in [1.807, 2.05) is 0 Å². The number of benzene rings is 5. The normalized spacial score (nSPS) is 24.1. The van der Waals surface area contributed by atoms with Gasteiger partial charge in [-0.1, -0.05) is 90.5 Å². The highest BCUT2D eigenvalue weighted by Crippen LogP contribution is 2.69. The monoisotopic (exact) mass is 578 g/mol. The number of para-hydroxylation sites is 4. The van der Waals surface area contributed by atoms with Crippen LogP contribution in [0.2, 0.25) is 5.02 Å². The standard InChI is InChI=1S/C40H35ClN2/c41-39-37(42(31-12-3-1-4-13-31)32-14-5-2-6-15-32)20-11-21-38(39)43-35-18-9-7-16-33(35)40(34-17-8-10-19-36(34)43)29-23-27-22-28(25-29)26-30(40)24-27/h1-21,27-30H,22-26H2. The Balaban J connectivity index is 1.26. The van der Waals surface area contributed by atoms with Gasteiger partial charge in [-0.05, 0) is 115 Å². The number of hydrogen-bond donors (Lipinski definition) is 0. The van der Waals surface area contributed by atoms with Crippen molar-refractivity contribution < 1.29 is 0 Å². The van der Waals surface area contributed by atoms with E-state index < -0.39 is 0 Å². The van der Waals surface area contributed by atoms with Crippen molar-refractivity contribution in [1.82, 2.24) is 0 Å². The lowest BCUT2D eigenvalue weighted by molar-refractivity contribution is -0.0419. The van der Waals surface area contributed by atoms with Gasteiger partial charge in [-0.2, -0.15) is 0 Å². The van der Waals surface area contributed by atoms with E-state index in [0.717, 1.165) is 39.6 Å².